The van der Waals surface area contributed by atoms with Crippen LogP contribution in [0.3, 0.4) is 0 Å². The summed E-state index contributed by atoms with van der Waals surface area (Å²) >= 11 is 16.1. The van der Waals surface area contributed by atoms with Crippen LogP contribution in [0.15, 0.2) is 55.2 Å². The number of aromatic amines is 1. The van der Waals surface area contributed by atoms with E-state index in [1.165, 1.54) is 11.8 Å². The second-order valence-electron chi connectivity index (χ2n) is 6.50. The van der Waals surface area contributed by atoms with E-state index in [4.69, 9.17) is 16.3 Å². The molecule has 2 aliphatic rings. The molecule has 9 heteroatoms. The molecule has 1 N–H and O–H groups in total. The van der Waals surface area contributed by atoms with Crippen molar-refractivity contribution in [2.75, 3.05) is 0 Å². The molecule has 3 aromatic rings. The Bertz CT molecular complexity index is 1190. The average molecular weight is 560 g/mol. The van der Waals surface area contributed by atoms with Crippen molar-refractivity contribution in [3.63, 3.8) is 0 Å². The predicted octanol–water partition coefficient (Wildman–Crippen LogP) is 6.13. The molecule has 0 amide bonds. The first-order chi connectivity index (χ1) is 13.4. The fraction of sp³-hybridized carbons (Fsp3) is 0.158. The van der Waals surface area contributed by atoms with Gasteiger partial charge in [-0.1, -0.05) is 68.8 Å². The van der Waals surface area contributed by atoms with E-state index >= 15 is 0 Å². The highest BCUT2D eigenvalue weighted by Gasteiger charge is 2.50. The number of halogens is 3. The average Bonchev–Trinajstić information content (AvgIpc) is 3.02. The summed E-state index contributed by atoms with van der Waals surface area (Å²) in [6, 6.07) is 11.3. The van der Waals surface area contributed by atoms with Gasteiger partial charge in [0.25, 0.3) is 0 Å². The zero-order valence-electron chi connectivity index (χ0n) is 13.9. The van der Waals surface area contributed by atoms with E-state index in [9.17, 15) is 9.59 Å². The van der Waals surface area contributed by atoms with Crippen LogP contribution in [0.5, 0.6) is 5.75 Å². The summed E-state index contributed by atoms with van der Waals surface area (Å²) in [5, 5.41) is 1.11. The largest absolute Gasteiger partial charge is 0.425 e. The number of aromatic nitrogens is 1. The Labute approximate surface area is 189 Å². The van der Waals surface area contributed by atoms with E-state index in [1.807, 2.05) is 36.4 Å². The highest BCUT2D eigenvalue weighted by atomic mass is 79.9. The maximum absolute atomic E-state index is 13.1. The molecule has 0 saturated heterocycles. The van der Waals surface area contributed by atoms with Crippen LogP contribution in [0.2, 0.25) is 5.02 Å². The first-order valence-corrected chi connectivity index (χ1v) is 11.9. The van der Waals surface area contributed by atoms with E-state index in [0.717, 1.165) is 36.8 Å². The lowest BCUT2D eigenvalue weighted by molar-refractivity contribution is -0.141. The third kappa shape index (κ3) is 2.92. The number of thioether (sulfide) groups is 1. The molecule has 0 spiro atoms. The van der Waals surface area contributed by atoms with Crippen LogP contribution in [-0.4, -0.2) is 11.0 Å². The Balaban J connectivity index is 1.78. The molecule has 5 rings (SSSR count). The van der Waals surface area contributed by atoms with Gasteiger partial charge in [-0.25, -0.2) is 0 Å². The van der Waals surface area contributed by atoms with E-state index in [-0.39, 0.29) is 22.0 Å². The first kappa shape index (κ1) is 18.9. The number of carbonyl (C=O) groups excluding carboxylic acids is 1. The maximum Gasteiger partial charge on any atom is 0.316 e. The van der Waals surface area contributed by atoms with Crippen molar-refractivity contribution in [1.82, 2.24) is 4.98 Å². The zero-order valence-corrected chi connectivity index (χ0v) is 19.4. The molecule has 2 aromatic carbocycles. The van der Waals surface area contributed by atoms with Gasteiger partial charge in [-0.3, -0.25) is 9.59 Å². The van der Waals surface area contributed by atoms with Gasteiger partial charge in [-0.05, 0) is 39.7 Å². The smallest absolute Gasteiger partial charge is 0.316 e. The number of nitrogens with one attached hydrogen (secondary N) is 1. The molecule has 142 valence electrons. The minimum absolute atomic E-state index is 0.134. The second-order valence-corrected chi connectivity index (χ2v) is 10.8. The molecule has 0 aliphatic carbocycles. The Hall–Kier alpha value is -1.06. The van der Waals surface area contributed by atoms with Crippen LogP contribution >= 0.6 is 66.6 Å². The van der Waals surface area contributed by atoms with Crippen LogP contribution in [0.1, 0.15) is 27.2 Å². The monoisotopic (exact) mass is 557 g/mol. The Morgan fingerprint density at radius 2 is 1.89 bits per heavy atom. The van der Waals surface area contributed by atoms with E-state index in [0.29, 0.717) is 15.2 Å². The lowest BCUT2D eigenvalue weighted by Gasteiger charge is -2.40. The molecule has 1 aromatic heterocycles. The van der Waals surface area contributed by atoms with Gasteiger partial charge >= 0.3 is 10.8 Å². The Kier molecular flexibility index (Phi) is 4.75. The normalized spacial score (nSPS) is 22.8. The van der Waals surface area contributed by atoms with Crippen LogP contribution in [-0.2, 0) is 4.79 Å². The SMILES string of the molecule is O=C1Oc2c(Br)cc(Br)cc2[C@@H]2c3sc(=O)[nH]c3S[C@H](c3ccccc3Cl)[C@@H]12. The zero-order chi connectivity index (χ0) is 19.6. The highest BCUT2D eigenvalue weighted by molar-refractivity contribution is 9.11. The molecule has 4 nitrogen and oxygen atoms in total. The van der Waals surface area contributed by atoms with Gasteiger partial charge in [-0.15, -0.1) is 0 Å². The Morgan fingerprint density at radius 1 is 1.11 bits per heavy atom. The van der Waals surface area contributed by atoms with Crippen molar-refractivity contribution < 1.29 is 9.53 Å². The van der Waals surface area contributed by atoms with Crippen molar-refractivity contribution in [2.45, 2.75) is 16.2 Å². The van der Waals surface area contributed by atoms with Crippen molar-refractivity contribution in [2.24, 2.45) is 5.92 Å². The van der Waals surface area contributed by atoms with Crippen molar-refractivity contribution >= 4 is 72.5 Å². The number of carbonyl (C=O) groups is 1. The standard InChI is InChI=1S/C19H10Br2ClNO3S2/c20-7-5-9-12-13(18(24)26-14(9)10(21)6-7)15(8-3-1-2-4-11(8)22)27-17-16(12)28-19(25)23-17/h1-6,12-13,15H,(H,23,25)/t12-,13-,15+/m0/s1. The quantitative estimate of drug-likeness (QED) is 0.288. The molecule has 2 aliphatic heterocycles. The molecule has 0 radical (unpaired) electrons. The number of fused-ring (bicyclic) bond motifs is 5. The summed E-state index contributed by atoms with van der Waals surface area (Å²) in [7, 11) is 0. The number of thiazole rings is 1. The number of esters is 1. The molecular weight excluding hydrogens is 550 g/mol. The van der Waals surface area contributed by atoms with Crippen LogP contribution in [0, 0.1) is 5.92 Å². The summed E-state index contributed by atoms with van der Waals surface area (Å²) in [6.45, 7) is 0. The van der Waals surface area contributed by atoms with Crippen molar-refractivity contribution in [3.05, 3.63) is 76.0 Å². The van der Waals surface area contributed by atoms with Gasteiger partial charge in [0.1, 0.15) is 5.75 Å². The van der Waals surface area contributed by atoms with Gasteiger partial charge in [-0.2, -0.15) is 0 Å². The third-order valence-electron chi connectivity index (χ3n) is 4.91. The number of H-pyrrole nitrogens is 1. The fourth-order valence-electron chi connectivity index (χ4n) is 3.80. The molecule has 0 unspecified atom stereocenters. The van der Waals surface area contributed by atoms with E-state index < -0.39 is 5.92 Å². The number of rotatable bonds is 1. The van der Waals surface area contributed by atoms with Gasteiger partial charge in [0, 0.05) is 25.9 Å². The summed E-state index contributed by atoms with van der Waals surface area (Å²) in [5.41, 5.74) is 1.73. The number of hydrogen-bond donors (Lipinski definition) is 1. The summed E-state index contributed by atoms with van der Waals surface area (Å²) < 4.78 is 7.32. The number of ether oxygens (including phenoxy) is 1. The molecular formula is C19H10Br2ClNO3S2. The van der Waals surface area contributed by atoms with Crippen LogP contribution < -0.4 is 9.61 Å². The van der Waals surface area contributed by atoms with Gasteiger partial charge in [0.2, 0.25) is 0 Å². The molecule has 3 atom stereocenters. The van der Waals surface area contributed by atoms with E-state index in [2.05, 4.69) is 36.8 Å². The minimum atomic E-state index is -0.488. The van der Waals surface area contributed by atoms with Crippen molar-refractivity contribution in [1.29, 1.82) is 0 Å². The van der Waals surface area contributed by atoms with Crippen molar-refractivity contribution in [3.8, 4) is 5.75 Å². The molecule has 0 bridgehead atoms. The number of benzene rings is 2. The predicted molar refractivity (Wildman–Crippen MR) is 118 cm³/mol. The highest BCUT2D eigenvalue weighted by Crippen LogP contribution is 2.60. The topological polar surface area (TPSA) is 59.2 Å². The fourth-order valence-corrected chi connectivity index (χ4v) is 8.09. The molecule has 3 heterocycles. The van der Waals surface area contributed by atoms with Gasteiger partial charge in [0.15, 0.2) is 0 Å². The summed E-state index contributed by atoms with van der Waals surface area (Å²) in [4.78, 5) is 29.0. The minimum Gasteiger partial charge on any atom is -0.425 e. The number of hydrogen-bond acceptors (Lipinski definition) is 5. The van der Waals surface area contributed by atoms with Crippen LogP contribution in [0.4, 0.5) is 0 Å². The van der Waals surface area contributed by atoms with Gasteiger partial charge in [0.05, 0.1) is 20.7 Å². The second kappa shape index (κ2) is 7.02. The lowest BCUT2D eigenvalue weighted by Crippen LogP contribution is -2.37. The van der Waals surface area contributed by atoms with Gasteiger partial charge < -0.3 is 9.72 Å². The maximum atomic E-state index is 13.1. The molecule has 28 heavy (non-hydrogen) atoms. The first-order valence-electron chi connectivity index (χ1n) is 8.28. The van der Waals surface area contributed by atoms with E-state index in [1.54, 1.807) is 0 Å². The third-order valence-corrected chi connectivity index (χ3v) is 8.76. The van der Waals surface area contributed by atoms with Crippen LogP contribution in [0.25, 0.3) is 0 Å². The summed E-state index contributed by atoms with van der Waals surface area (Å²) in [6.07, 6.45) is 0. The summed E-state index contributed by atoms with van der Waals surface area (Å²) in [5.74, 6) is -0.584. The molecule has 0 fully saturated rings. The lowest BCUT2D eigenvalue weighted by atomic mass is 9.78. The molecule has 0 saturated carbocycles. The Morgan fingerprint density at radius 3 is 2.68 bits per heavy atom.